The van der Waals surface area contributed by atoms with Crippen molar-refractivity contribution in [3.8, 4) is 6.07 Å². The summed E-state index contributed by atoms with van der Waals surface area (Å²) in [5, 5.41) is 17.7. The third-order valence-electron chi connectivity index (χ3n) is 1.68. The molecule has 2 nitrogen and oxygen atoms in total. The number of nitrogens with zero attached hydrogens (tertiary/aromatic N) is 1. The van der Waals surface area contributed by atoms with Crippen molar-refractivity contribution in [1.29, 1.82) is 5.26 Å². The van der Waals surface area contributed by atoms with Gasteiger partial charge in [0, 0.05) is 0 Å². The Morgan fingerprint density at radius 1 is 1.25 bits per heavy atom. The van der Waals surface area contributed by atoms with E-state index in [9.17, 15) is 5.11 Å². The van der Waals surface area contributed by atoms with Gasteiger partial charge >= 0.3 is 0 Å². The normalized spacial score (nSPS) is 12.2. The van der Waals surface area contributed by atoms with E-state index in [-0.39, 0.29) is 0 Å². The largest absolute Gasteiger partial charge is 0.374 e. The Hall–Kier alpha value is -1.33. The second-order valence-corrected chi connectivity index (χ2v) is 2.95. The number of aliphatic hydroxyl groups is 1. The van der Waals surface area contributed by atoms with Crippen LogP contribution in [0.2, 0.25) is 0 Å². The molecule has 0 saturated carbocycles. The molecule has 0 aliphatic carbocycles. The van der Waals surface area contributed by atoms with Crippen LogP contribution in [0.5, 0.6) is 0 Å². The highest BCUT2D eigenvalue weighted by molar-refractivity contribution is 5.31. The molecule has 1 aromatic carbocycles. The summed E-state index contributed by atoms with van der Waals surface area (Å²) in [5.74, 6) is 0. The second-order valence-electron chi connectivity index (χ2n) is 2.95. The molecule has 0 aliphatic rings. The third kappa shape index (κ3) is 1.84. The lowest BCUT2D eigenvalue weighted by Crippen LogP contribution is -1.94. The quantitative estimate of drug-likeness (QED) is 0.639. The summed E-state index contributed by atoms with van der Waals surface area (Å²) in [5.41, 5.74) is 2.81. The molecule has 1 rings (SSSR count). The first-order valence-corrected chi connectivity index (χ1v) is 3.79. The highest BCUT2D eigenvalue weighted by atomic mass is 16.3. The SMILES string of the molecule is Cc1cc(C)cc(C(O)C#N)c1. The van der Waals surface area contributed by atoms with Crippen molar-refractivity contribution in [2.75, 3.05) is 0 Å². The molecule has 0 aromatic heterocycles. The molecule has 0 spiro atoms. The maximum Gasteiger partial charge on any atom is 0.165 e. The maximum absolute atomic E-state index is 9.22. The van der Waals surface area contributed by atoms with Crippen LogP contribution in [0.25, 0.3) is 0 Å². The van der Waals surface area contributed by atoms with E-state index in [0.717, 1.165) is 11.1 Å². The van der Waals surface area contributed by atoms with Crippen molar-refractivity contribution < 1.29 is 5.11 Å². The summed E-state index contributed by atoms with van der Waals surface area (Å²) in [6, 6.07) is 7.44. The highest BCUT2D eigenvalue weighted by Gasteiger charge is 2.05. The Labute approximate surface area is 72.1 Å². The summed E-state index contributed by atoms with van der Waals surface area (Å²) in [6.45, 7) is 3.89. The summed E-state index contributed by atoms with van der Waals surface area (Å²) in [7, 11) is 0. The number of hydrogen-bond acceptors (Lipinski definition) is 2. The first kappa shape index (κ1) is 8.76. The van der Waals surface area contributed by atoms with E-state index in [1.807, 2.05) is 32.0 Å². The zero-order chi connectivity index (χ0) is 9.14. The van der Waals surface area contributed by atoms with Gasteiger partial charge in [0.25, 0.3) is 0 Å². The van der Waals surface area contributed by atoms with Crippen LogP contribution in [0.4, 0.5) is 0 Å². The number of aliphatic hydroxyl groups excluding tert-OH is 1. The van der Waals surface area contributed by atoms with Gasteiger partial charge in [-0.25, -0.2) is 0 Å². The lowest BCUT2D eigenvalue weighted by Gasteiger charge is -2.04. The topological polar surface area (TPSA) is 44.0 Å². The van der Waals surface area contributed by atoms with Crippen LogP contribution in [0.3, 0.4) is 0 Å². The third-order valence-corrected chi connectivity index (χ3v) is 1.68. The van der Waals surface area contributed by atoms with E-state index in [4.69, 9.17) is 5.26 Å². The van der Waals surface area contributed by atoms with Gasteiger partial charge < -0.3 is 5.11 Å². The van der Waals surface area contributed by atoms with Crippen molar-refractivity contribution in [2.45, 2.75) is 20.0 Å². The molecule has 0 bridgehead atoms. The number of hydrogen-bond donors (Lipinski definition) is 1. The molecule has 1 atom stereocenters. The summed E-state index contributed by atoms with van der Waals surface area (Å²) in [4.78, 5) is 0. The van der Waals surface area contributed by atoms with Crippen molar-refractivity contribution in [1.82, 2.24) is 0 Å². The Morgan fingerprint density at radius 2 is 1.75 bits per heavy atom. The lowest BCUT2D eigenvalue weighted by atomic mass is 10.0. The molecule has 0 heterocycles. The van der Waals surface area contributed by atoms with E-state index in [2.05, 4.69) is 0 Å². The van der Waals surface area contributed by atoms with Crippen molar-refractivity contribution in [3.63, 3.8) is 0 Å². The molecule has 0 aliphatic heterocycles. The van der Waals surface area contributed by atoms with Crippen LogP contribution < -0.4 is 0 Å². The molecule has 12 heavy (non-hydrogen) atoms. The number of benzene rings is 1. The molecule has 1 unspecified atom stereocenters. The molecule has 0 saturated heterocycles. The molecule has 0 fully saturated rings. The fourth-order valence-electron chi connectivity index (χ4n) is 1.24. The van der Waals surface area contributed by atoms with Crippen LogP contribution in [-0.4, -0.2) is 5.11 Å². The summed E-state index contributed by atoms with van der Waals surface area (Å²) >= 11 is 0. The number of aryl methyl sites for hydroxylation is 2. The highest BCUT2D eigenvalue weighted by Crippen LogP contribution is 2.15. The van der Waals surface area contributed by atoms with Gasteiger partial charge in [0.2, 0.25) is 0 Å². The predicted molar refractivity (Wildman–Crippen MR) is 46.5 cm³/mol. The van der Waals surface area contributed by atoms with Crippen molar-refractivity contribution in [3.05, 3.63) is 34.9 Å². The Bertz CT molecular complexity index is 305. The molecule has 62 valence electrons. The van der Waals surface area contributed by atoms with Gasteiger partial charge in [0.15, 0.2) is 6.10 Å². The van der Waals surface area contributed by atoms with Crippen LogP contribution in [0.15, 0.2) is 18.2 Å². The van der Waals surface area contributed by atoms with E-state index in [1.54, 1.807) is 6.07 Å². The zero-order valence-corrected chi connectivity index (χ0v) is 7.20. The minimum atomic E-state index is -0.997. The summed E-state index contributed by atoms with van der Waals surface area (Å²) < 4.78 is 0. The fraction of sp³-hybridized carbons (Fsp3) is 0.300. The first-order chi connectivity index (χ1) is 5.63. The average Bonchev–Trinajstić information content (AvgIpc) is 2.01. The monoisotopic (exact) mass is 161 g/mol. The van der Waals surface area contributed by atoms with E-state index in [0.29, 0.717) is 5.56 Å². The molecule has 0 amide bonds. The molecule has 1 aromatic rings. The maximum atomic E-state index is 9.22. The molecule has 2 heteroatoms. The van der Waals surface area contributed by atoms with Gasteiger partial charge in [-0.2, -0.15) is 5.26 Å². The van der Waals surface area contributed by atoms with E-state index >= 15 is 0 Å². The predicted octanol–water partition coefficient (Wildman–Crippen LogP) is 1.86. The van der Waals surface area contributed by atoms with Crippen LogP contribution in [-0.2, 0) is 0 Å². The minimum Gasteiger partial charge on any atom is -0.374 e. The molecule has 1 N–H and O–H groups in total. The van der Waals surface area contributed by atoms with Gasteiger partial charge in [-0.05, 0) is 19.4 Å². The number of nitriles is 1. The molecular weight excluding hydrogens is 150 g/mol. The number of rotatable bonds is 1. The average molecular weight is 161 g/mol. The minimum absolute atomic E-state index is 0.676. The van der Waals surface area contributed by atoms with Gasteiger partial charge in [0.05, 0.1) is 6.07 Å². The van der Waals surface area contributed by atoms with Crippen molar-refractivity contribution in [2.24, 2.45) is 0 Å². The first-order valence-electron chi connectivity index (χ1n) is 3.79. The lowest BCUT2D eigenvalue weighted by molar-refractivity contribution is 0.236. The summed E-state index contributed by atoms with van der Waals surface area (Å²) in [6.07, 6.45) is -0.997. The van der Waals surface area contributed by atoms with E-state index in [1.165, 1.54) is 0 Å². The van der Waals surface area contributed by atoms with E-state index < -0.39 is 6.10 Å². The van der Waals surface area contributed by atoms with Crippen LogP contribution in [0, 0.1) is 25.2 Å². The van der Waals surface area contributed by atoms with Gasteiger partial charge in [-0.1, -0.05) is 29.3 Å². The second kappa shape index (κ2) is 3.38. The zero-order valence-electron chi connectivity index (χ0n) is 7.20. The Balaban J connectivity index is 3.10. The van der Waals surface area contributed by atoms with Crippen molar-refractivity contribution >= 4 is 0 Å². The van der Waals surface area contributed by atoms with Gasteiger partial charge in [-0.15, -0.1) is 0 Å². The van der Waals surface area contributed by atoms with Crippen LogP contribution >= 0.6 is 0 Å². The molecular formula is C10H11NO. The van der Waals surface area contributed by atoms with Crippen LogP contribution in [0.1, 0.15) is 22.8 Å². The standard InChI is InChI=1S/C10H11NO/c1-7-3-8(2)5-9(4-7)10(12)6-11/h3-5,10,12H,1-2H3. The Morgan fingerprint density at radius 3 is 2.17 bits per heavy atom. The van der Waals surface area contributed by atoms with Gasteiger partial charge in [-0.3, -0.25) is 0 Å². The van der Waals surface area contributed by atoms with Gasteiger partial charge in [0.1, 0.15) is 0 Å². The molecule has 0 radical (unpaired) electrons. The Kier molecular flexibility index (Phi) is 2.47. The smallest absolute Gasteiger partial charge is 0.165 e. The fourth-order valence-corrected chi connectivity index (χ4v) is 1.24.